The van der Waals surface area contributed by atoms with Gasteiger partial charge in [0, 0.05) is 43.2 Å². The van der Waals surface area contributed by atoms with Gasteiger partial charge in [-0.2, -0.15) is 0 Å². The van der Waals surface area contributed by atoms with Gasteiger partial charge in [0.15, 0.2) is 5.78 Å². The van der Waals surface area contributed by atoms with E-state index in [-0.39, 0.29) is 24.0 Å². The molecule has 3 aromatic rings. The Hall–Kier alpha value is -3.75. The first-order chi connectivity index (χ1) is 26.5. The molecule has 0 atom stereocenters. The molecule has 0 saturated heterocycles. The number of Topliss-reactive ketones (excluding diaryl/α,β-unsaturated/α-hetero) is 2. The van der Waals surface area contributed by atoms with Crippen LogP contribution in [0.1, 0.15) is 67.2 Å². The monoisotopic (exact) mass is 785 g/mol. The summed E-state index contributed by atoms with van der Waals surface area (Å²) in [5.74, 6) is 0.838. The van der Waals surface area contributed by atoms with Gasteiger partial charge in [0.1, 0.15) is 28.6 Å². The molecule has 0 saturated carbocycles. The summed E-state index contributed by atoms with van der Waals surface area (Å²) in [5, 5.41) is 0.689. The van der Waals surface area contributed by atoms with Gasteiger partial charge in [-0.15, -0.1) is 0 Å². The van der Waals surface area contributed by atoms with Crippen LogP contribution in [0.2, 0.25) is 5.02 Å². The number of carbonyl (C=O) groups excluding carboxylic acids is 3. The molecular formula is C42H56ClNO11. The molecule has 12 nitrogen and oxygen atoms in total. The van der Waals surface area contributed by atoms with Gasteiger partial charge in [0.25, 0.3) is 0 Å². The summed E-state index contributed by atoms with van der Waals surface area (Å²) in [7, 11) is 0. The number of carbonyl (C=O) groups is 3. The molecular weight excluding hydrogens is 730 g/mol. The zero-order valence-corrected chi connectivity index (χ0v) is 33.4. The molecule has 0 radical (unpaired) electrons. The molecule has 0 aliphatic rings. The van der Waals surface area contributed by atoms with Crippen LogP contribution in [-0.4, -0.2) is 107 Å². The van der Waals surface area contributed by atoms with E-state index in [0.717, 1.165) is 16.7 Å². The smallest absolute Gasteiger partial charge is 0.308 e. The molecule has 302 valence electrons. The Morgan fingerprint density at radius 2 is 1.15 bits per heavy atom. The van der Waals surface area contributed by atoms with Crippen molar-refractivity contribution >= 4 is 29.1 Å². The highest BCUT2D eigenvalue weighted by molar-refractivity contribution is 6.31. The van der Waals surface area contributed by atoms with Crippen LogP contribution in [0.15, 0.2) is 60.8 Å². The van der Waals surface area contributed by atoms with Crippen molar-refractivity contribution in [3.8, 4) is 11.5 Å². The molecule has 0 bridgehead atoms. The zero-order chi connectivity index (χ0) is 39.7. The third kappa shape index (κ3) is 21.2. The molecule has 0 fully saturated rings. The summed E-state index contributed by atoms with van der Waals surface area (Å²) in [6.07, 6.45) is 3.28. The minimum Gasteiger partial charge on any atom is -0.460 e. The Morgan fingerprint density at radius 1 is 0.618 bits per heavy atom. The highest BCUT2D eigenvalue weighted by Crippen LogP contribution is 2.23. The molecule has 1 aromatic heterocycles. The molecule has 3 rings (SSSR count). The summed E-state index contributed by atoms with van der Waals surface area (Å²) < 4.78 is 44.1. The molecule has 1 heterocycles. The normalized spacial score (nSPS) is 11.4. The number of pyridine rings is 1. The van der Waals surface area contributed by atoms with Crippen molar-refractivity contribution in [2.24, 2.45) is 0 Å². The number of ketones is 2. The summed E-state index contributed by atoms with van der Waals surface area (Å²) >= 11 is 6.09. The van der Waals surface area contributed by atoms with Gasteiger partial charge in [-0.25, -0.2) is 0 Å². The molecule has 0 amide bonds. The van der Waals surface area contributed by atoms with Gasteiger partial charge in [-0.3, -0.25) is 19.4 Å². The van der Waals surface area contributed by atoms with Crippen LogP contribution in [0.25, 0.3) is 0 Å². The quantitative estimate of drug-likeness (QED) is 0.0408. The summed E-state index contributed by atoms with van der Waals surface area (Å²) in [6, 6.07) is 16.3. The number of aromatic nitrogens is 1. The number of esters is 1. The van der Waals surface area contributed by atoms with Crippen molar-refractivity contribution < 1.29 is 52.3 Å². The second-order valence-corrected chi connectivity index (χ2v) is 14.0. The number of hydrogen-bond donors (Lipinski definition) is 0. The Balaban J connectivity index is 1.13. The van der Waals surface area contributed by atoms with E-state index < -0.39 is 5.60 Å². The van der Waals surface area contributed by atoms with E-state index in [4.69, 9.17) is 49.5 Å². The number of ether oxygens (including phenoxy) is 8. The number of nitrogens with zero attached hydrogens (tertiary/aromatic N) is 1. The molecule has 0 spiro atoms. The number of halogens is 1. The number of aryl methyl sites for hydroxylation is 1. The molecule has 55 heavy (non-hydrogen) atoms. The lowest BCUT2D eigenvalue weighted by Crippen LogP contribution is -2.24. The van der Waals surface area contributed by atoms with E-state index in [0.29, 0.717) is 127 Å². The number of hydrogen-bond acceptors (Lipinski definition) is 12. The maximum absolute atomic E-state index is 12.7. The van der Waals surface area contributed by atoms with E-state index in [1.165, 1.54) is 0 Å². The van der Waals surface area contributed by atoms with Gasteiger partial charge in [-0.05, 0) is 75.1 Å². The van der Waals surface area contributed by atoms with Crippen LogP contribution < -0.4 is 4.74 Å². The minimum absolute atomic E-state index is 0.0953. The fourth-order valence-electron chi connectivity index (χ4n) is 4.99. The van der Waals surface area contributed by atoms with E-state index in [1.54, 1.807) is 30.5 Å². The van der Waals surface area contributed by atoms with Crippen molar-refractivity contribution in [2.45, 2.75) is 65.4 Å². The van der Waals surface area contributed by atoms with Gasteiger partial charge in [0.2, 0.25) is 0 Å². The third-order valence-corrected chi connectivity index (χ3v) is 8.05. The van der Waals surface area contributed by atoms with E-state index in [1.807, 2.05) is 58.0 Å². The third-order valence-electron chi connectivity index (χ3n) is 7.62. The highest BCUT2D eigenvalue weighted by Gasteiger charge is 2.16. The molecule has 0 aliphatic carbocycles. The first-order valence-corrected chi connectivity index (χ1v) is 19.1. The van der Waals surface area contributed by atoms with Crippen molar-refractivity contribution in [2.75, 3.05) is 79.3 Å². The van der Waals surface area contributed by atoms with Gasteiger partial charge in [0.05, 0.1) is 79.1 Å². The molecule has 0 N–H and O–H groups in total. The lowest BCUT2D eigenvalue weighted by atomic mass is 10.0. The first-order valence-electron chi connectivity index (χ1n) is 18.7. The Morgan fingerprint density at radius 3 is 1.71 bits per heavy atom. The fourth-order valence-corrected chi connectivity index (χ4v) is 5.10. The zero-order valence-electron chi connectivity index (χ0n) is 32.6. The van der Waals surface area contributed by atoms with E-state index >= 15 is 0 Å². The van der Waals surface area contributed by atoms with Crippen LogP contribution in [0.3, 0.4) is 0 Å². The highest BCUT2D eigenvalue weighted by atomic mass is 35.5. The predicted octanol–water partition coefficient (Wildman–Crippen LogP) is 6.98. The molecule has 0 aliphatic heterocycles. The van der Waals surface area contributed by atoms with Crippen LogP contribution >= 0.6 is 11.6 Å². The average molecular weight is 786 g/mol. The van der Waals surface area contributed by atoms with E-state index in [2.05, 4.69) is 4.98 Å². The maximum atomic E-state index is 12.7. The van der Waals surface area contributed by atoms with Crippen molar-refractivity contribution in [1.29, 1.82) is 0 Å². The Kier molecular flexibility index (Phi) is 21.7. The second-order valence-electron chi connectivity index (χ2n) is 13.6. The van der Waals surface area contributed by atoms with Crippen molar-refractivity contribution in [1.82, 2.24) is 4.98 Å². The SMILES string of the molecule is Cc1cc(CC(=O)Cc2ccc(Oc3ccnc(C(=O)CCCOCCOCCOCCOCCOCCOCCC(=O)OC(C)(C)C)c3)cc2)ccc1Cl. The van der Waals surface area contributed by atoms with Crippen molar-refractivity contribution in [3.05, 3.63) is 88.2 Å². The van der Waals surface area contributed by atoms with Crippen LogP contribution in [0, 0.1) is 6.92 Å². The first kappa shape index (κ1) is 45.6. The molecule has 2 aromatic carbocycles. The second kappa shape index (κ2) is 26.2. The van der Waals surface area contributed by atoms with Gasteiger partial charge < -0.3 is 37.9 Å². The minimum atomic E-state index is -0.487. The fraction of sp³-hybridized carbons (Fsp3) is 0.524. The predicted molar refractivity (Wildman–Crippen MR) is 208 cm³/mol. The van der Waals surface area contributed by atoms with Crippen LogP contribution in [0.5, 0.6) is 11.5 Å². The van der Waals surface area contributed by atoms with Gasteiger partial charge in [-0.1, -0.05) is 35.9 Å². The lowest BCUT2D eigenvalue weighted by molar-refractivity contribution is -0.156. The average Bonchev–Trinajstić information content (AvgIpc) is 3.14. The van der Waals surface area contributed by atoms with Crippen molar-refractivity contribution in [3.63, 3.8) is 0 Å². The van der Waals surface area contributed by atoms with Crippen LogP contribution in [0.4, 0.5) is 0 Å². The van der Waals surface area contributed by atoms with Crippen LogP contribution in [-0.2, 0) is 55.6 Å². The van der Waals surface area contributed by atoms with E-state index in [9.17, 15) is 14.4 Å². The topological polar surface area (TPSA) is 138 Å². The summed E-state index contributed by atoms with van der Waals surface area (Å²) in [4.78, 5) is 41.1. The Bertz CT molecular complexity index is 1580. The standard InChI is InChI=1S/C42H56ClNO11/c1-32-28-34(9-12-38(32)43)30-35(45)29-33-7-10-36(11-8-33)54-37-13-15-44-39(31-37)40(46)6-5-16-48-18-20-50-22-24-52-26-27-53-25-23-51-21-19-49-17-14-41(47)55-42(2,3)4/h7-13,15,28,31H,5-6,14,16-27,29-30H2,1-4H3. The summed E-state index contributed by atoms with van der Waals surface area (Å²) in [5.41, 5.74) is 2.63. The number of benzene rings is 2. The Labute approximate surface area is 330 Å². The maximum Gasteiger partial charge on any atom is 0.308 e. The molecule has 13 heteroatoms. The largest absolute Gasteiger partial charge is 0.460 e. The summed E-state index contributed by atoms with van der Waals surface area (Å²) in [6.45, 7) is 12.5. The van der Waals surface area contributed by atoms with Gasteiger partial charge >= 0.3 is 5.97 Å². The number of rotatable bonds is 29. The molecule has 0 unspecified atom stereocenters. The lowest BCUT2D eigenvalue weighted by Gasteiger charge is -2.19.